The molecule has 0 amide bonds. The topological polar surface area (TPSA) is 102 Å². The predicted octanol–water partition coefficient (Wildman–Crippen LogP) is 1.60. The van der Waals surface area contributed by atoms with E-state index in [-0.39, 0.29) is 5.95 Å². The number of nitrogens with one attached hydrogen (secondary N) is 2. The van der Waals surface area contributed by atoms with Gasteiger partial charge < -0.3 is 20.8 Å². The van der Waals surface area contributed by atoms with E-state index in [4.69, 9.17) is 10.5 Å². The summed E-state index contributed by atoms with van der Waals surface area (Å²) in [5.74, 6) is 1.74. The Morgan fingerprint density at radius 3 is 3.00 bits per heavy atom. The van der Waals surface area contributed by atoms with E-state index in [9.17, 15) is 0 Å². The number of aromatic amines is 1. The van der Waals surface area contributed by atoms with Crippen molar-refractivity contribution in [2.75, 3.05) is 24.7 Å². The Labute approximate surface area is 121 Å². The molecule has 2 aromatic heterocycles. The van der Waals surface area contributed by atoms with Crippen molar-refractivity contribution < 1.29 is 4.74 Å². The van der Waals surface area contributed by atoms with Gasteiger partial charge in [-0.05, 0) is 18.1 Å². The van der Waals surface area contributed by atoms with Crippen molar-refractivity contribution in [3.63, 3.8) is 0 Å². The molecular weight excluding hydrogens is 268 g/mol. The van der Waals surface area contributed by atoms with Crippen molar-refractivity contribution >= 4 is 22.9 Å². The SMILES string of the molecule is COc1ccccc1CCNc1nc(N)nc2nc[nH]c12. The van der Waals surface area contributed by atoms with Gasteiger partial charge in [-0.3, -0.25) is 0 Å². The second kappa shape index (κ2) is 5.66. The van der Waals surface area contributed by atoms with Crippen molar-refractivity contribution in [3.05, 3.63) is 36.2 Å². The molecule has 0 bridgehead atoms. The van der Waals surface area contributed by atoms with Gasteiger partial charge >= 0.3 is 0 Å². The molecule has 0 spiro atoms. The fourth-order valence-corrected chi connectivity index (χ4v) is 2.20. The number of methoxy groups -OCH3 is 1. The van der Waals surface area contributed by atoms with Crippen LogP contribution in [0.2, 0.25) is 0 Å². The third kappa shape index (κ3) is 2.71. The van der Waals surface area contributed by atoms with E-state index in [0.29, 0.717) is 18.0 Å². The Bertz CT molecular complexity index is 754. The molecule has 0 unspecified atom stereocenters. The molecule has 0 aliphatic heterocycles. The van der Waals surface area contributed by atoms with Crippen molar-refractivity contribution in [3.8, 4) is 5.75 Å². The zero-order valence-corrected chi connectivity index (χ0v) is 11.6. The highest BCUT2D eigenvalue weighted by molar-refractivity contribution is 5.83. The molecule has 4 N–H and O–H groups in total. The molecule has 0 radical (unpaired) electrons. The molecule has 21 heavy (non-hydrogen) atoms. The number of hydrogen-bond donors (Lipinski definition) is 3. The van der Waals surface area contributed by atoms with Gasteiger partial charge in [0.15, 0.2) is 11.5 Å². The number of rotatable bonds is 5. The zero-order chi connectivity index (χ0) is 14.7. The highest BCUT2D eigenvalue weighted by Crippen LogP contribution is 2.20. The van der Waals surface area contributed by atoms with E-state index >= 15 is 0 Å². The minimum atomic E-state index is 0.203. The van der Waals surface area contributed by atoms with Crippen molar-refractivity contribution in [1.82, 2.24) is 19.9 Å². The van der Waals surface area contributed by atoms with E-state index in [1.165, 1.54) is 0 Å². The number of H-pyrrole nitrogens is 1. The number of aromatic nitrogens is 4. The molecule has 0 saturated heterocycles. The second-order valence-electron chi connectivity index (χ2n) is 4.52. The molecule has 3 rings (SSSR count). The van der Waals surface area contributed by atoms with Crippen LogP contribution in [0, 0.1) is 0 Å². The highest BCUT2D eigenvalue weighted by Gasteiger charge is 2.08. The Morgan fingerprint density at radius 1 is 1.29 bits per heavy atom. The zero-order valence-electron chi connectivity index (χ0n) is 11.6. The standard InChI is InChI=1S/C14H16N6O/c1-21-10-5-3-2-4-9(10)6-7-16-12-11-13(18-8-17-11)20-14(15)19-12/h2-5,8H,6-7H2,1H3,(H4,15,16,17,18,19,20). The number of nitrogens with two attached hydrogens (primary N) is 1. The monoisotopic (exact) mass is 284 g/mol. The van der Waals surface area contributed by atoms with E-state index in [1.807, 2.05) is 24.3 Å². The van der Waals surface area contributed by atoms with Crippen LogP contribution in [-0.2, 0) is 6.42 Å². The van der Waals surface area contributed by atoms with E-state index in [2.05, 4.69) is 25.3 Å². The van der Waals surface area contributed by atoms with Gasteiger partial charge in [0, 0.05) is 6.54 Å². The van der Waals surface area contributed by atoms with Crippen molar-refractivity contribution in [2.24, 2.45) is 0 Å². The summed E-state index contributed by atoms with van der Waals surface area (Å²) in [6.45, 7) is 0.699. The molecule has 1 aromatic carbocycles. The normalized spacial score (nSPS) is 10.7. The minimum absolute atomic E-state index is 0.203. The quantitative estimate of drug-likeness (QED) is 0.657. The summed E-state index contributed by atoms with van der Waals surface area (Å²) < 4.78 is 5.34. The second-order valence-corrected chi connectivity index (χ2v) is 4.52. The Kier molecular flexibility index (Phi) is 3.55. The summed E-state index contributed by atoms with van der Waals surface area (Å²) in [6.07, 6.45) is 2.38. The maximum atomic E-state index is 5.68. The summed E-state index contributed by atoms with van der Waals surface area (Å²) in [5, 5.41) is 3.26. The van der Waals surface area contributed by atoms with Gasteiger partial charge in [0.25, 0.3) is 0 Å². The molecule has 7 heteroatoms. The van der Waals surface area contributed by atoms with E-state index < -0.39 is 0 Å². The van der Waals surface area contributed by atoms with E-state index in [1.54, 1.807) is 13.4 Å². The highest BCUT2D eigenvalue weighted by atomic mass is 16.5. The lowest BCUT2D eigenvalue weighted by Crippen LogP contribution is -2.09. The number of nitrogen functional groups attached to an aromatic ring is 1. The van der Waals surface area contributed by atoms with Crippen LogP contribution >= 0.6 is 0 Å². The summed E-state index contributed by atoms with van der Waals surface area (Å²) in [5.41, 5.74) is 8.12. The first-order chi connectivity index (χ1) is 10.3. The number of imidazole rings is 1. The number of para-hydroxylation sites is 1. The van der Waals surface area contributed by atoms with Gasteiger partial charge in [-0.25, -0.2) is 4.98 Å². The lowest BCUT2D eigenvalue weighted by Gasteiger charge is -2.10. The number of ether oxygens (including phenoxy) is 1. The lowest BCUT2D eigenvalue weighted by atomic mass is 10.1. The summed E-state index contributed by atoms with van der Waals surface area (Å²) in [7, 11) is 1.67. The first-order valence-corrected chi connectivity index (χ1v) is 6.60. The predicted molar refractivity (Wildman–Crippen MR) is 81.3 cm³/mol. The summed E-state index contributed by atoms with van der Waals surface area (Å²) >= 11 is 0. The summed E-state index contributed by atoms with van der Waals surface area (Å²) in [6, 6.07) is 7.94. The van der Waals surface area contributed by atoms with Crippen LogP contribution in [0.15, 0.2) is 30.6 Å². The lowest BCUT2D eigenvalue weighted by molar-refractivity contribution is 0.410. The number of hydrogen-bond acceptors (Lipinski definition) is 6. The molecule has 0 aliphatic carbocycles. The van der Waals surface area contributed by atoms with Gasteiger partial charge in [0.05, 0.1) is 13.4 Å². The van der Waals surface area contributed by atoms with Crippen LogP contribution in [0.25, 0.3) is 11.2 Å². The number of fused-ring (bicyclic) bond motifs is 1. The number of nitrogens with zero attached hydrogens (tertiary/aromatic N) is 3. The van der Waals surface area contributed by atoms with Crippen LogP contribution in [0.5, 0.6) is 5.75 Å². The molecule has 2 heterocycles. The van der Waals surface area contributed by atoms with Gasteiger partial charge in [0.1, 0.15) is 11.3 Å². The maximum absolute atomic E-state index is 5.68. The number of anilines is 2. The molecule has 0 atom stereocenters. The first kappa shape index (κ1) is 13.2. The molecule has 0 fully saturated rings. The van der Waals surface area contributed by atoms with Crippen LogP contribution in [-0.4, -0.2) is 33.6 Å². The summed E-state index contributed by atoms with van der Waals surface area (Å²) in [4.78, 5) is 15.3. The Balaban J connectivity index is 1.73. The van der Waals surface area contributed by atoms with Gasteiger partial charge in [-0.2, -0.15) is 9.97 Å². The van der Waals surface area contributed by atoms with Crippen LogP contribution in [0.4, 0.5) is 11.8 Å². The van der Waals surface area contributed by atoms with Crippen molar-refractivity contribution in [1.29, 1.82) is 0 Å². The smallest absolute Gasteiger partial charge is 0.224 e. The largest absolute Gasteiger partial charge is 0.496 e. The van der Waals surface area contributed by atoms with Crippen molar-refractivity contribution in [2.45, 2.75) is 6.42 Å². The average Bonchev–Trinajstić information content (AvgIpc) is 2.96. The minimum Gasteiger partial charge on any atom is -0.496 e. The molecule has 108 valence electrons. The molecule has 0 saturated carbocycles. The fraction of sp³-hybridized carbons (Fsp3) is 0.214. The van der Waals surface area contributed by atoms with Crippen LogP contribution in [0.1, 0.15) is 5.56 Å². The molecule has 0 aliphatic rings. The van der Waals surface area contributed by atoms with Gasteiger partial charge in [-0.1, -0.05) is 18.2 Å². The van der Waals surface area contributed by atoms with Gasteiger partial charge in [-0.15, -0.1) is 0 Å². The number of benzene rings is 1. The van der Waals surface area contributed by atoms with E-state index in [0.717, 1.165) is 23.3 Å². The average molecular weight is 284 g/mol. The van der Waals surface area contributed by atoms with Crippen LogP contribution < -0.4 is 15.8 Å². The fourth-order valence-electron chi connectivity index (χ4n) is 2.20. The van der Waals surface area contributed by atoms with Gasteiger partial charge in [0.2, 0.25) is 5.95 Å². The Morgan fingerprint density at radius 2 is 2.14 bits per heavy atom. The molecule has 7 nitrogen and oxygen atoms in total. The third-order valence-corrected chi connectivity index (χ3v) is 3.18. The molecular formula is C14H16N6O. The molecule has 3 aromatic rings. The van der Waals surface area contributed by atoms with Crippen LogP contribution in [0.3, 0.4) is 0 Å². The first-order valence-electron chi connectivity index (χ1n) is 6.60. The third-order valence-electron chi connectivity index (χ3n) is 3.18. The Hall–Kier alpha value is -2.83. The maximum Gasteiger partial charge on any atom is 0.224 e.